The molecule has 2 saturated carbocycles. The van der Waals surface area contributed by atoms with Gasteiger partial charge in [-0.1, -0.05) is 24.6 Å². The summed E-state index contributed by atoms with van der Waals surface area (Å²) in [5.74, 6) is -6.93. The van der Waals surface area contributed by atoms with Crippen LogP contribution in [0.15, 0.2) is 64.7 Å². The molecule has 0 aromatic heterocycles. The maximum absolute atomic E-state index is 14.1. The largest absolute Gasteiger partial charge is 0.477 e. The number of nitrogens with two attached hydrogens (primary N) is 1. The lowest BCUT2D eigenvalue weighted by molar-refractivity contribution is -0.843. The van der Waals surface area contributed by atoms with Crippen molar-refractivity contribution in [3.05, 3.63) is 59.7 Å². The molecule has 5 rings (SSSR count). The molecule has 0 aromatic rings. The van der Waals surface area contributed by atoms with E-state index in [0.29, 0.717) is 42.6 Å². The number of hydrogen-bond acceptors (Lipinski definition) is 15. The summed E-state index contributed by atoms with van der Waals surface area (Å²) >= 11 is 0. The summed E-state index contributed by atoms with van der Waals surface area (Å²) in [6.07, 6.45) is 2.06. The van der Waals surface area contributed by atoms with Crippen molar-refractivity contribution in [2.45, 2.75) is 114 Å². The van der Waals surface area contributed by atoms with Gasteiger partial charge in [-0.25, -0.2) is 9.59 Å². The number of carbonyl (C=O) groups excluding carboxylic acids is 1. The second kappa shape index (κ2) is 20.2. The van der Waals surface area contributed by atoms with E-state index in [1.807, 2.05) is 0 Å². The van der Waals surface area contributed by atoms with Crippen molar-refractivity contribution >= 4 is 17.9 Å². The summed E-state index contributed by atoms with van der Waals surface area (Å²) < 4.78 is 29.8. The lowest BCUT2D eigenvalue weighted by Gasteiger charge is -2.48. The molecule has 330 valence electrons. The topological polar surface area (TPSA) is 297 Å². The van der Waals surface area contributed by atoms with E-state index in [2.05, 4.69) is 16.9 Å². The minimum atomic E-state index is -2.94. The summed E-state index contributed by atoms with van der Waals surface area (Å²) in [6, 6.07) is 0. The number of aliphatic imine (C=N–C) groups is 1. The summed E-state index contributed by atoms with van der Waals surface area (Å²) in [5, 5.41) is 85.4. The van der Waals surface area contributed by atoms with Crippen molar-refractivity contribution in [1.29, 1.82) is 0 Å². The molecule has 0 aromatic carbocycles. The van der Waals surface area contributed by atoms with Crippen LogP contribution in [0.4, 0.5) is 0 Å². The normalized spacial score (nSPS) is 34.8. The smallest absolute Gasteiger partial charge is 0.343 e. The highest BCUT2D eigenvalue weighted by Gasteiger charge is 2.58. The Balaban J connectivity index is 1.53. The number of quaternary nitrogens is 1. The fourth-order valence-electron chi connectivity index (χ4n) is 8.61. The van der Waals surface area contributed by atoms with Gasteiger partial charge in [0.2, 0.25) is 12.1 Å². The molecule has 12 N–H and O–H groups in total. The van der Waals surface area contributed by atoms with Gasteiger partial charge in [0.15, 0.2) is 18.4 Å². The molecular weight excluding hydrogens is 776 g/mol. The monoisotopic (exact) mass is 837 g/mol. The molecule has 59 heavy (non-hydrogen) atoms. The first-order valence-corrected chi connectivity index (χ1v) is 20.2. The second-order valence-electron chi connectivity index (χ2n) is 16.1. The second-order valence-corrected chi connectivity index (χ2v) is 16.1. The number of carboxylic acid groups (broad SMARTS) is 1. The average molecular weight is 838 g/mol. The molecule has 0 radical (unpaired) electrons. The Bertz CT molecular complexity index is 1660. The van der Waals surface area contributed by atoms with Gasteiger partial charge in [0.1, 0.15) is 43.2 Å². The number of carboxylic acids is 1. The predicted molar refractivity (Wildman–Crippen MR) is 207 cm³/mol. The number of aliphatic hydroxyl groups excluding tert-OH is 5. The Kier molecular flexibility index (Phi) is 15.9. The van der Waals surface area contributed by atoms with Gasteiger partial charge in [-0.2, -0.15) is 0 Å². The maximum atomic E-state index is 14.1. The lowest BCUT2D eigenvalue weighted by atomic mass is 9.82. The van der Waals surface area contributed by atoms with Crippen LogP contribution < -0.4 is 16.0 Å². The van der Waals surface area contributed by atoms with E-state index in [-0.39, 0.29) is 61.1 Å². The van der Waals surface area contributed by atoms with Crippen molar-refractivity contribution in [1.82, 2.24) is 5.32 Å². The quantitative estimate of drug-likeness (QED) is 0.0185. The van der Waals surface area contributed by atoms with E-state index in [4.69, 9.17) is 29.4 Å². The lowest BCUT2D eigenvalue weighted by Crippen LogP contribution is -3.09. The highest BCUT2D eigenvalue weighted by Crippen LogP contribution is 2.51. The molecule has 2 aliphatic carbocycles. The zero-order valence-corrected chi connectivity index (χ0v) is 33.5. The number of hydrogen-bond donors (Lipinski definition) is 11. The number of allylic oxidation sites excluding steroid dienone is 1. The van der Waals surface area contributed by atoms with Crippen molar-refractivity contribution in [3.8, 4) is 0 Å². The van der Waals surface area contributed by atoms with Crippen LogP contribution >= 0.6 is 0 Å². The van der Waals surface area contributed by atoms with Crippen LogP contribution in [0.3, 0.4) is 0 Å². The Hall–Kier alpha value is -3.73. The molecule has 0 bridgehead atoms. The highest BCUT2D eigenvalue weighted by atomic mass is 16.8. The molecule has 11 unspecified atom stereocenters. The standard InChI is InChI=1S/C40H60N4O15/c1-4-25-26(9-8-23-18-44(14-16-46)19-27(34(50)51)31(23)43-38(41)42-13-6-15-45)28(35(52)57-24-10-12-39(17-24)11-5-7-30(39)48)21-55-36(25)59-37-33(56-22(2)3)40(53,54)32(49)29(20-47)58-37/h4,8-9,19,21-22,24-26,29-30,32-33,36-37,45-49,53-54H,1,5-7,10-18,20H2,2-3H3,(H,50,51)(H3,41,42,43)/p+1. The molecule has 0 amide bonds. The molecule has 3 aliphatic heterocycles. The van der Waals surface area contributed by atoms with E-state index < -0.39 is 85.4 Å². The third-order valence-electron chi connectivity index (χ3n) is 11.7. The summed E-state index contributed by atoms with van der Waals surface area (Å²) in [4.78, 5) is 31.5. The molecule has 3 fully saturated rings. The SMILES string of the molecule is C=CC1C(OC2OC(CO)C(O)C(O)(O)C2OC(C)C)OC=C(C(=O)OC2CCC3(CCCC3O)C2)C1C=CC1=C(NC(N)=NCCCO)C(C(=O)O)=C[NH+](CCO)C1. The van der Waals surface area contributed by atoms with Crippen LogP contribution in [0.25, 0.3) is 0 Å². The molecule has 1 spiro atoms. The Morgan fingerprint density at radius 1 is 1.15 bits per heavy atom. The Morgan fingerprint density at radius 2 is 1.92 bits per heavy atom. The van der Waals surface area contributed by atoms with Gasteiger partial charge in [0.25, 0.3) is 0 Å². The molecule has 19 heteroatoms. The van der Waals surface area contributed by atoms with Crippen LogP contribution in [0, 0.1) is 17.3 Å². The molecule has 5 aliphatic rings. The van der Waals surface area contributed by atoms with Crippen molar-refractivity contribution in [2.75, 3.05) is 39.5 Å². The van der Waals surface area contributed by atoms with Crippen molar-refractivity contribution in [2.24, 2.45) is 28.0 Å². The van der Waals surface area contributed by atoms with Gasteiger partial charge in [-0.05, 0) is 57.8 Å². The third kappa shape index (κ3) is 10.6. The number of aliphatic carboxylic acids is 1. The van der Waals surface area contributed by atoms with Gasteiger partial charge in [0.05, 0.1) is 48.9 Å². The first kappa shape index (κ1) is 46.3. The van der Waals surface area contributed by atoms with E-state index in [9.17, 15) is 50.4 Å². The maximum Gasteiger partial charge on any atom is 0.343 e. The van der Waals surface area contributed by atoms with E-state index in [1.54, 1.807) is 26.0 Å². The average Bonchev–Trinajstić information content (AvgIpc) is 3.77. The minimum absolute atomic E-state index is 0.0466. The molecule has 3 heterocycles. The van der Waals surface area contributed by atoms with Crippen LogP contribution in [0.2, 0.25) is 0 Å². The first-order chi connectivity index (χ1) is 28.1. The van der Waals surface area contributed by atoms with Gasteiger partial charge in [-0.15, -0.1) is 6.58 Å². The summed E-state index contributed by atoms with van der Waals surface area (Å²) in [5.41, 5.74) is 6.24. The number of aliphatic hydroxyl groups is 7. The number of ether oxygens (including phenoxy) is 5. The highest BCUT2D eigenvalue weighted by molar-refractivity contribution is 5.94. The van der Waals surface area contributed by atoms with Gasteiger partial charge in [-0.3, -0.25) is 4.99 Å². The fourth-order valence-corrected chi connectivity index (χ4v) is 8.61. The molecule has 1 saturated heterocycles. The van der Waals surface area contributed by atoms with Crippen LogP contribution in [0.1, 0.15) is 58.8 Å². The van der Waals surface area contributed by atoms with Crippen molar-refractivity contribution < 1.29 is 79.0 Å². The van der Waals surface area contributed by atoms with Gasteiger partial charge < -0.3 is 80.5 Å². The minimum Gasteiger partial charge on any atom is -0.477 e. The zero-order valence-electron chi connectivity index (χ0n) is 33.5. The summed E-state index contributed by atoms with van der Waals surface area (Å²) in [7, 11) is 0. The van der Waals surface area contributed by atoms with Crippen LogP contribution in [-0.2, 0) is 33.3 Å². The Labute approximate surface area is 342 Å². The number of nitrogens with one attached hydrogen (secondary N) is 2. The van der Waals surface area contributed by atoms with E-state index in [0.717, 1.165) is 19.1 Å². The van der Waals surface area contributed by atoms with Gasteiger partial charge >= 0.3 is 11.9 Å². The first-order valence-electron chi connectivity index (χ1n) is 20.2. The predicted octanol–water partition coefficient (Wildman–Crippen LogP) is -2.20. The van der Waals surface area contributed by atoms with E-state index in [1.165, 1.54) is 12.3 Å². The molecular formula is C40H61N4O15+. The van der Waals surface area contributed by atoms with Gasteiger partial charge in [0, 0.05) is 24.6 Å². The van der Waals surface area contributed by atoms with E-state index >= 15 is 0 Å². The fraction of sp³-hybridized carbons (Fsp3) is 0.675. The number of rotatable bonds is 17. The Morgan fingerprint density at radius 3 is 2.54 bits per heavy atom. The molecule has 19 nitrogen and oxygen atoms in total. The van der Waals surface area contributed by atoms with Crippen molar-refractivity contribution in [3.63, 3.8) is 0 Å². The van der Waals surface area contributed by atoms with Crippen LogP contribution in [-0.4, -0.2) is 153 Å². The van der Waals surface area contributed by atoms with Crippen LogP contribution in [0.5, 0.6) is 0 Å². The number of guanidine groups is 1. The number of esters is 1. The third-order valence-corrected chi connectivity index (χ3v) is 11.7. The molecule has 11 atom stereocenters. The summed E-state index contributed by atoms with van der Waals surface area (Å²) in [6.45, 7) is 6.55. The number of carbonyl (C=O) groups is 2. The zero-order chi connectivity index (χ0) is 43.1. The number of nitrogens with zero attached hydrogens (tertiary/aromatic N) is 1.